The lowest BCUT2D eigenvalue weighted by atomic mass is 10.1. The minimum atomic E-state index is -0.423. The zero-order valence-corrected chi connectivity index (χ0v) is 7.06. The number of nitro benzene ring substituents is 1. The molecule has 13 heavy (non-hydrogen) atoms. The van der Waals surface area contributed by atoms with Crippen LogP contribution in [0.1, 0.15) is 11.1 Å². The van der Waals surface area contributed by atoms with Gasteiger partial charge in [-0.2, -0.15) is 0 Å². The summed E-state index contributed by atoms with van der Waals surface area (Å²) in [5, 5.41) is 10.7. The summed E-state index contributed by atoms with van der Waals surface area (Å²) in [4.78, 5) is 10.2. The number of para-hydroxylation sites is 1. The number of nitrogens with zero attached hydrogens (tertiary/aromatic N) is 1. The fraction of sp³-hybridized carbons (Fsp3) is 0. The highest BCUT2D eigenvalue weighted by atomic mass is 16.6. The van der Waals surface area contributed by atoms with Gasteiger partial charge in [0.25, 0.3) is 5.69 Å². The van der Waals surface area contributed by atoms with E-state index in [2.05, 4.69) is 13.2 Å². The van der Waals surface area contributed by atoms with Gasteiger partial charge in [-0.25, -0.2) is 0 Å². The third-order valence-corrected chi connectivity index (χ3v) is 1.72. The van der Waals surface area contributed by atoms with E-state index in [0.29, 0.717) is 11.1 Å². The Morgan fingerprint density at radius 3 is 2.00 bits per heavy atom. The molecule has 0 spiro atoms. The Balaban J connectivity index is 3.46. The first-order valence-corrected chi connectivity index (χ1v) is 3.73. The van der Waals surface area contributed by atoms with Gasteiger partial charge in [-0.1, -0.05) is 31.4 Å². The van der Waals surface area contributed by atoms with Crippen LogP contribution in [0.3, 0.4) is 0 Å². The molecule has 0 amide bonds. The van der Waals surface area contributed by atoms with Crippen LogP contribution in [0, 0.1) is 10.1 Å². The molecule has 0 aliphatic heterocycles. The van der Waals surface area contributed by atoms with Crippen molar-refractivity contribution in [2.24, 2.45) is 0 Å². The maximum absolute atomic E-state index is 10.7. The van der Waals surface area contributed by atoms with Crippen LogP contribution in [0.15, 0.2) is 31.4 Å². The third kappa shape index (κ3) is 1.64. The first kappa shape index (κ1) is 9.19. The zero-order valence-electron chi connectivity index (χ0n) is 7.06. The maximum Gasteiger partial charge on any atom is 0.283 e. The van der Waals surface area contributed by atoms with E-state index in [0.717, 1.165) is 0 Å². The van der Waals surface area contributed by atoms with Crippen LogP contribution >= 0.6 is 0 Å². The maximum atomic E-state index is 10.7. The fourth-order valence-electron chi connectivity index (χ4n) is 1.12. The molecule has 0 aliphatic carbocycles. The molecule has 0 radical (unpaired) electrons. The van der Waals surface area contributed by atoms with Gasteiger partial charge in [-0.15, -0.1) is 0 Å². The second kappa shape index (κ2) is 3.67. The Bertz CT molecular complexity index is 343. The van der Waals surface area contributed by atoms with Crippen LogP contribution in [0.2, 0.25) is 0 Å². The van der Waals surface area contributed by atoms with Crippen molar-refractivity contribution in [1.82, 2.24) is 0 Å². The third-order valence-electron chi connectivity index (χ3n) is 1.72. The Morgan fingerprint density at radius 2 is 1.69 bits per heavy atom. The second-order valence-electron chi connectivity index (χ2n) is 2.45. The highest BCUT2D eigenvalue weighted by Gasteiger charge is 2.14. The monoisotopic (exact) mass is 175 g/mol. The lowest BCUT2D eigenvalue weighted by Gasteiger charge is -1.99. The van der Waals surface area contributed by atoms with E-state index in [4.69, 9.17) is 0 Å². The largest absolute Gasteiger partial charge is 0.283 e. The molecule has 0 unspecified atom stereocenters. The molecule has 1 aromatic carbocycles. The Hall–Kier alpha value is -1.90. The molecule has 1 aromatic rings. The van der Waals surface area contributed by atoms with E-state index in [-0.39, 0.29) is 5.69 Å². The number of hydrogen-bond donors (Lipinski definition) is 0. The smallest absolute Gasteiger partial charge is 0.258 e. The molecule has 0 bridgehead atoms. The molecule has 0 saturated carbocycles. The number of hydrogen-bond acceptors (Lipinski definition) is 2. The average Bonchev–Trinajstić information content (AvgIpc) is 2.16. The summed E-state index contributed by atoms with van der Waals surface area (Å²) in [5.41, 5.74) is 1.09. The van der Waals surface area contributed by atoms with Crippen molar-refractivity contribution in [3.8, 4) is 0 Å². The van der Waals surface area contributed by atoms with E-state index in [1.165, 1.54) is 12.2 Å². The SMILES string of the molecule is C=Cc1cccc(C=C)c1[N+](=O)[O-]. The van der Waals surface area contributed by atoms with Gasteiger partial charge in [0, 0.05) is 0 Å². The van der Waals surface area contributed by atoms with Gasteiger partial charge in [-0.3, -0.25) is 10.1 Å². The van der Waals surface area contributed by atoms with Gasteiger partial charge in [0.05, 0.1) is 16.1 Å². The van der Waals surface area contributed by atoms with Crippen molar-refractivity contribution < 1.29 is 4.92 Å². The summed E-state index contributed by atoms with van der Waals surface area (Å²) in [6, 6.07) is 5.04. The summed E-state index contributed by atoms with van der Waals surface area (Å²) < 4.78 is 0. The summed E-state index contributed by atoms with van der Waals surface area (Å²) in [6.07, 6.45) is 2.93. The van der Waals surface area contributed by atoms with E-state index in [1.54, 1.807) is 18.2 Å². The van der Waals surface area contributed by atoms with Crippen molar-refractivity contribution in [3.63, 3.8) is 0 Å². The first-order chi connectivity index (χ1) is 6.20. The van der Waals surface area contributed by atoms with Gasteiger partial charge in [0.2, 0.25) is 0 Å². The molecular weight excluding hydrogens is 166 g/mol. The normalized spacial score (nSPS) is 9.23. The molecule has 1 rings (SSSR count). The summed E-state index contributed by atoms with van der Waals surface area (Å²) >= 11 is 0. The highest BCUT2D eigenvalue weighted by Crippen LogP contribution is 2.25. The minimum absolute atomic E-state index is 0.0625. The van der Waals surface area contributed by atoms with Crippen LogP contribution in [0.25, 0.3) is 12.2 Å². The molecule has 3 nitrogen and oxygen atoms in total. The van der Waals surface area contributed by atoms with Gasteiger partial charge < -0.3 is 0 Å². The van der Waals surface area contributed by atoms with E-state index >= 15 is 0 Å². The topological polar surface area (TPSA) is 43.1 Å². The standard InChI is InChI=1S/C10H9NO2/c1-3-8-6-5-7-9(4-2)10(8)11(12)13/h3-7H,1-2H2. The predicted octanol–water partition coefficient (Wildman–Crippen LogP) is 2.88. The van der Waals surface area contributed by atoms with Crippen LogP contribution in [0.5, 0.6) is 0 Å². The van der Waals surface area contributed by atoms with Gasteiger partial charge >= 0.3 is 0 Å². The molecule has 0 aliphatic rings. The van der Waals surface area contributed by atoms with Crippen molar-refractivity contribution in [2.45, 2.75) is 0 Å². The Morgan fingerprint density at radius 1 is 1.23 bits per heavy atom. The Kier molecular flexibility index (Phi) is 2.59. The number of nitro groups is 1. The summed E-state index contributed by atoms with van der Waals surface area (Å²) in [7, 11) is 0. The molecule has 0 aromatic heterocycles. The van der Waals surface area contributed by atoms with Crippen LogP contribution in [-0.2, 0) is 0 Å². The van der Waals surface area contributed by atoms with E-state index in [1.807, 2.05) is 0 Å². The molecule has 0 saturated heterocycles. The van der Waals surface area contributed by atoms with Crippen molar-refractivity contribution in [2.75, 3.05) is 0 Å². The van der Waals surface area contributed by atoms with Gasteiger partial charge in [-0.05, 0) is 12.1 Å². The lowest BCUT2D eigenvalue weighted by molar-refractivity contribution is -0.385. The quantitative estimate of drug-likeness (QED) is 0.523. The molecule has 0 fully saturated rings. The van der Waals surface area contributed by atoms with Crippen molar-refractivity contribution in [3.05, 3.63) is 52.6 Å². The second-order valence-corrected chi connectivity index (χ2v) is 2.45. The summed E-state index contributed by atoms with van der Waals surface area (Å²) in [6.45, 7) is 7.02. The molecular formula is C10H9NO2. The molecule has 0 heterocycles. The molecule has 3 heteroatoms. The number of benzene rings is 1. The molecule has 66 valence electrons. The van der Waals surface area contributed by atoms with Crippen LogP contribution < -0.4 is 0 Å². The van der Waals surface area contributed by atoms with Crippen LogP contribution in [-0.4, -0.2) is 4.92 Å². The number of rotatable bonds is 3. The van der Waals surface area contributed by atoms with Gasteiger partial charge in [0.1, 0.15) is 0 Å². The van der Waals surface area contributed by atoms with Crippen molar-refractivity contribution in [1.29, 1.82) is 0 Å². The average molecular weight is 175 g/mol. The van der Waals surface area contributed by atoms with Gasteiger partial charge in [0.15, 0.2) is 0 Å². The Labute approximate surface area is 76.2 Å². The fourth-order valence-corrected chi connectivity index (χ4v) is 1.12. The zero-order chi connectivity index (χ0) is 9.84. The highest BCUT2D eigenvalue weighted by molar-refractivity contribution is 5.70. The summed E-state index contributed by atoms with van der Waals surface area (Å²) in [5.74, 6) is 0. The molecule has 0 atom stereocenters. The van der Waals surface area contributed by atoms with E-state index in [9.17, 15) is 10.1 Å². The van der Waals surface area contributed by atoms with Crippen molar-refractivity contribution >= 4 is 17.8 Å². The first-order valence-electron chi connectivity index (χ1n) is 3.73. The molecule has 0 N–H and O–H groups in total. The van der Waals surface area contributed by atoms with E-state index < -0.39 is 4.92 Å². The predicted molar refractivity (Wildman–Crippen MR) is 53.3 cm³/mol. The van der Waals surface area contributed by atoms with Crippen LogP contribution in [0.4, 0.5) is 5.69 Å². The minimum Gasteiger partial charge on any atom is -0.258 e. The lowest BCUT2D eigenvalue weighted by Crippen LogP contribution is -1.94.